The highest BCUT2D eigenvalue weighted by Crippen LogP contribution is 2.40. The summed E-state index contributed by atoms with van der Waals surface area (Å²) in [5.41, 5.74) is 0. The Morgan fingerprint density at radius 1 is 0.274 bits per heavy atom. The van der Waals surface area contributed by atoms with E-state index < -0.39 is 364 Å². The van der Waals surface area contributed by atoms with Crippen LogP contribution in [-0.2, 0) is 109 Å². The van der Waals surface area contributed by atoms with E-state index in [1.165, 1.54) is 0 Å². The fourth-order valence-electron chi connectivity index (χ4n) is 14.2. The number of rotatable bonds is 30. The SMILES string of the molecule is CC(=O)N[C@@H]1[C@@H](O)[C@H](O[C@@H]2O[C@H](CO)[C@@H](O[C@@H]3O[C@H](CO[C@H]4O[C@H](CO[C@H]5O[C@H](CO)[C@@H](O)[C@H](O)[C@@H]5O)[C@@H](O)[C@H](O[C@H]5O[C@H](CO)[C@@H](OS(=O)(=O)O)[C@H](O)[C@@H]5O)[C@@H]4O)[C@@H](O)[C@H](O[C@H]4O[C@H](CO)[C@@H](O)[C@H](O)[C@@H]4O[C@@H]4O[C@H](CO)[C@@H](O[C@@H]5O[C@H](CO)[C@H](O)[C@H](O)[C@H]5O)[C@H](O)[C@H]4NC(C)=O)[C@@H]3O)[C@H](O)[C@H]2NC(C)=O)[C@@H](CO)O[C@H]1O. The molecule has 45 atom stereocenters. The normalized spacial score (nSPS) is 48.8. The van der Waals surface area contributed by atoms with E-state index in [-0.39, 0.29) is 0 Å². The number of nitrogens with one attached hydrogen (secondary N) is 3. The van der Waals surface area contributed by atoms with Crippen LogP contribution in [0, 0.1) is 0 Å². The Bertz CT molecular complexity index is 3110. The lowest BCUT2D eigenvalue weighted by Gasteiger charge is -2.51. The fraction of sp³-hybridized carbons (Fsp3) is 0.950. The van der Waals surface area contributed by atoms with Crippen molar-refractivity contribution in [2.24, 2.45) is 0 Å². The highest BCUT2D eigenvalue weighted by atomic mass is 32.3. The van der Waals surface area contributed by atoms with Crippen LogP contribution in [0.5, 0.6) is 0 Å². The summed E-state index contributed by atoms with van der Waals surface area (Å²) in [6.07, 6.45) is -90.7. The van der Waals surface area contributed by atoms with Crippen molar-refractivity contribution in [2.75, 3.05) is 59.5 Å². The first-order valence-electron chi connectivity index (χ1n) is 35.3. The van der Waals surface area contributed by atoms with E-state index in [2.05, 4.69) is 20.1 Å². The number of hydrogen-bond donors (Lipinski definition) is 29. The van der Waals surface area contributed by atoms with Crippen LogP contribution in [0.3, 0.4) is 0 Å². The van der Waals surface area contributed by atoms with Crippen molar-refractivity contribution in [3.63, 3.8) is 0 Å². The Balaban J connectivity index is 1.06. The molecule has 9 saturated heterocycles. The van der Waals surface area contributed by atoms with Crippen LogP contribution in [0.2, 0.25) is 0 Å². The molecule has 29 N–H and O–H groups in total. The number of aliphatic hydroxyl groups excluding tert-OH is 25. The third-order valence-electron chi connectivity index (χ3n) is 20.1. The van der Waals surface area contributed by atoms with E-state index in [1.54, 1.807) is 0 Å². The van der Waals surface area contributed by atoms with Gasteiger partial charge in [0.05, 0.1) is 59.5 Å². The molecule has 9 aliphatic heterocycles. The molecule has 656 valence electrons. The largest absolute Gasteiger partial charge is 0.397 e. The Labute approximate surface area is 638 Å². The maximum absolute atomic E-state index is 13.0. The van der Waals surface area contributed by atoms with E-state index in [0.717, 1.165) is 20.8 Å². The Morgan fingerprint density at radius 3 is 0.982 bits per heavy atom. The van der Waals surface area contributed by atoms with Crippen LogP contribution >= 0.6 is 0 Å². The Hall–Kier alpha value is -3.40. The van der Waals surface area contributed by atoms with Gasteiger partial charge in [-0.2, -0.15) is 8.42 Å². The van der Waals surface area contributed by atoms with Crippen LogP contribution in [-0.4, -0.2) is 494 Å². The van der Waals surface area contributed by atoms with Crippen LogP contribution in [0.4, 0.5) is 0 Å². The summed E-state index contributed by atoms with van der Waals surface area (Å²) in [5, 5.41) is 284. The van der Waals surface area contributed by atoms with Crippen molar-refractivity contribution in [1.29, 1.82) is 0 Å². The minimum Gasteiger partial charge on any atom is -0.394 e. The van der Waals surface area contributed by atoms with Crippen molar-refractivity contribution in [2.45, 2.75) is 297 Å². The monoisotopic (exact) mass is 1680 g/mol. The maximum atomic E-state index is 13.0. The summed E-state index contributed by atoms with van der Waals surface area (Å²) in [7, 11) is -5.47. The molecule has 0 aromatic carbocycles. The minimum absolute atomic E-state index is 0.803. The predicted octanol–water partition coefficient (Wildman–Crippen LogP) is -20.4. The van der Waals surface area contributed by atoms with Crippen molar-refractivity contribution < 1.29 is 240 Å². The van der Waals surface area contributed by atoms with Crippen LogP contribution < -0.4 is 16.0 Å². The summed E-state index contributed by atoms with van der Waals surface area (Å²) in [4.78, 5) is 38.0. The van der Waals surface area contributed by atoms with Gasteiger partial charge in [0, 0.05) is 20.8 Å². The van der Waals surface area contributed by atoms with Gasteiger partial charge >= 0.3 is 10.4 Å². The first-order chi connectivity index (χ1) is 53.3. The zero-order valence-corrected chi connectivity index (χ0v) is 60.6. The molecule has 113 heavy (non-hydrogen) atoms. The highest BCUT2D eigenvalue weighted by Gasteiger charge is 2.61. The molecule has 9 aliphatic rings. The molecule has 9 heterocycles. The van der Waals surface area contributed by atoms with Crippen LogP contribution in [0.15, 0.2) is 0 Å². The first-order valence-corrected chi connectivity index (χ1v) is 36.7. The van der Waals surface area contributed by atoms with E-state index in [0.29, 0.717) is 0 Å². The maximum Gasteiger partial charge on any atom is 0.397 e. The van der Waals surface area contributed by atoms with Gasteiger partial charge in [-0.3, -0.25) is 18.9 Å². The predicted molar refractivity (Wildman–Crippen MR) is 342 cm³/mol. The topological polar surface area (TPSA) is 814 Å². The van der Waals surface area contributed by atoms with E-state index in [9.17, 15) is 155 Å². The molecule has 0 aromatic rings. The lowest BCUT2D eigenvalue weighted by Crippen LogP contribution is -2.71. The van der Waals surface area contributed by atoms with Crippen LogP contribution in [0.25, 0.3) is 0 Å². The number of carbonyl (C=O) groups excluding carboxylic acids is 3. The number of aliphatic hydroxyl groups is 25. The summed E-state index contributed by atoms with van der Waals surface area (Å²) < 4.78 is 137. The van der Waals surface area contributed by atoms with Gasteiger partial charge in [-0.05, 0) is 0 Å². The smallest absolute Gasteiger partial charge is 0.394 e. The van der Waals surface area contributed by atoms with Gasteiger partial charge < -0.3 is 224 Å². The van der Waals surface area contributed by atoms with Gasteiger partial charge in [-0.1, -0.05) is 0 Å². The molecule has 9 rings (SSSR count). The molecular formula is C60H101N3O49S. The molecular weight excluding hydrogens is 1580 g/mol. The average molecular weight is 1680 g/mol. The van der Waals surface area contributed by atoms with E-state index in [1.807, 2.05) is 0 Å². The van der Waals surface area contributed by atoms with Crippen molar-refractivity contribution in [3.05, 3.63) is 0 Å². The number of ether oxygens (including phenoxy) is 17. The van der Waals surface area contributed by atoms with Gasteiger partial charge in [-0.25, -0.2) is 4.18 Å². The molecule has 9 fully saturated rings. The summed E-state index contributed by atoms with van der Waals surface area (Å²) in [6.45, 7) is -7.35. The quantitative estimate of drug-likeness (QED) is 0.0297. The second-order valence-corrected chi connectivity index (χ2v) is 29.0. The summed E-state index contributed by atoms with van der Waals surface area (Å²) >= 11 is 0. The Morgan fingerprint density at radius 2 is 0.549 bits per heavy atom. The summed E-state index contributed by atoms with van der Waals surface area (Å²) in [6, 6.07) is -5.60. The van der Waals surface area contributed by atoms with E-state index >= 15 is 0 Å². The lowest BCUT2D eigenvalue weighted by atomic mass is 9.93. The molecule has 0 bridgehead atoms. The van der Waals surface area contributed by atoms with Gasteiger partial charge in [0.15, 0.2) is 56.6 Å². The molecule has 53 heteroatoms. The molecule has 52 nitrogen and oxygen atoms in total. The van der Waals surface area contributed by atoms with Gasteiger partial charge in [-0.15, -0.1) is 0 Å². The fourth-order valence-corrected chi connectivity index (χ4v) is 14.7. The van der Waals surface area contributed by atoms with E-state index in [4.69, 9.17) is 80.5 Å². The molecule has 0 spiro atoms. The minimum atomic E-state index is -5.47. The standard InChI is InChI=1S/C60H101N3O49S/c1-13(71)61-25-33(79)45(19(7-67)97-52(25)91)106-53-26(62-14(2)72)34(80)47(21(9-69)101-53)108-59-44(90)50(110-60-51(38(84)30(76)18(6-66)100-60)111-54-27(63-15(3)73)35(81)46(20(8-68)102-54)107-57-41(87)37(83)29(75)17(5-65)99-57)32(78)24(105-59)12-96-56-43(89)49(109-58-42(88)39(85)48(22(10-70)103-58)112-113(92,93)94)31(77)23(104-56)11-95-55-40(86)36(82)28(74)16(4-64)98-55/h16-60,64-70,74-91H,4-12H2,1-3H3,(H,61,71)(H,62,72)(H,63,73)(H,92,93,94)/t16-,17-,18-,19-,20-,21-,22-,23-,24-,25-,26-,27-,28-,29+,30-,31-,32-,33-,34-,35-,36+,37+,38+,39-,40+,41-,42+,43+,44+,45-,46-,47-,48-,49+,50+,51+,52-,53+,54+,55+,56+,57+,58-,59+,60-/m1/s1. The number of hydrogen-bond acceptors (Lipinski definition) is 48. The first kappa shape index (κ1) is 93.5. The molecule has 3 amide bonds. The molecule has 0 aliphatic carbocycles. The van der Waals surface area contributed by atoms with Crippen molar-refractivity contribution in [1.82, 2.24) is 16.0 Å². The highest BCUT2D eigenvalue weighted by molar-refractivity contribution is 7.80. The molecule has 0 saturated carbocycles. The lowest BCUT2D eigenvalue weighted by molar-refractivity contribution is -0.398. The molecule has 0 aromatic heterocycles. The zero-order valence-electron chi connectivity index (χ0n) is 59.8. The zero-order chi connectivity index (χ0) is 83.4. The molecule has 0 radical (unpaired) electrons. The second-order valence-electron chi connectivity index (χ2n) is 28.0. The Kier molecular flexibility index (Phi) is 33.3. The van der Waals surface area contributed by atoms with Crippen molar-refractivity contribution in [3.8, 4) is 0 Å². The number of carbonyl (C=O) groups is 3. The number of amides is 3. The average Bonchev–Trinajstić information content (AvgIpc) is 0.771. The summed E-state index contributed by atoms with van der Waals surface area (Å²) in [5.74, 6) is -2.75. The van der Waals surface area contributed by atoms with Gasteiger partial charge in [0.25, 0.3) is 0 Å². The van der Waals surface area contributed by atoms with Gasteiger partial charge in [0.1, 0.15) is 220 Å². The third-order valence-corrected chi connectivity index (χ3v) is 20.6. The van der Waals surface area contributed by atoms with Crippen molar-refractivity contribution >= 4 is 28.1 Å². The third kappa shape index (κ3) is 21.1. The van der Waals surface area contributed by atoms with Crippen LogP contribution in [0.1, 0.15) is 20.8 Å². The second kappa shape index (κ2) is 40.3. The van der Waals surface area contributed by atoms with Gasteiger partial charge in [0.2, 0.25) is 17.7 Å². The molecule has 0 unspecified atom stereocenters.